The fraction of sp³-hybridized carbons (Fsp3) is 0.286. The zero-order valence-corrected chi connectivity index (χ0v) is 11.7. The maximum atomic E-state index is 10.9. The van der Waals surface area contributed by atoms with Crippen molar-refractivity contribution in [2.24, 2.45) is 0 Å². The summed E-state index contributed by atoms with van der Waals surface area (Å²) >= 11 is 1.67. The molecule has 0 saturated carbocycles. The molecule has 5 heteroatoms. The van der Waals surface area contributed by atoms with E-state index in [4.69, 9.17) is 0 Å². The minimum Gasteiger partial charge on any atom is -0.306 e. The van der Waals surface area contributed by atoms with E-state index >= 15 is 0 Å². The van der Waals surface area contributed by atoms with Crippen molar-refractivity contribution >= 4 is 17.0 Å². The lowest BCUT2D eigenvalue weighted by Gasteiger charge is -2.16. The summed E-state index contributed by atoms with van der Waals surface area (Å²) in [6.45, 7) is 4.60. The Morgan fingerprint density at radius 3 is 2.84 bits per heavy atom. The minimum atomic E-state index is -0.329. The lowest BCUT2D eigenvalue weighted by atomic mass is 10.0. The van der Waals surface area contributed by atoms with Gasteiger partial charge in [0, 0.05) is 24.2 Å². The smallest absolute Gasteiger partial charge is 0.272 e. The van der Waals surface area contributed by atoms with Gasteiger partial charge in [-0.25, -0.2) is 0 Å². The number of nitro groups is 1. The molecule has 0 aliphatic rings. The van der Waals surface area contributed by atoms with Gasteiger partial charge < -0.3 is 5.32 Å². The molecule has 1 atom stereocenters. The highest BCUT2D eigenvalue weighted by molar-refractivity contribution is 7.07. The molecule has 2 aromatic rings. The summed E-state index contributed by atoms with van der Waals surface area (Å²) in [6, 6.07) is 7.38. The standard InChI is InChI=1S/C14H16N2O2S/c1-10-13(4-3-5-14(10)16(17)18)11(2)15-8-12-6-7-19-9-12/h3-7,9,11,15H,8H2,1-2H3. The number of nitrogens with zero attached hydrogens (tertiary/aromatic N) is 1. The first kappa shape index (κ1) is 13.7. The van der Waals surface area contributed by atoms with Gasteiger partial charge >= 0.3 is 0 Å². The summed E-state index contributed by atoms with van der Waals surface area (Å²) in [5, 5.41) is 18.5. The lowest BCUT2D eigenvalue weighted by Crippen LogP contribution is -2.18. The molecule has 0 aliphatic heterocycles. The first-order chi connectivity index (χ1) is 9.09. The Labute approximate surface area is 116 Å². The third-order valence-corrected chi connectivity index (χ3v) is 3.93. The van der Waals surface area contributed by atoms with Crippen molar-refractivity contribution in [2.45, 2.75) is 26.4 Å². The molecule has 0 amide bonds. The summed E-state index contributed by atoms with van der Waals surface area (Å²) in [7, 11) is 0. The number of thiophene rings is 1. The van der Waals surface area contributed by atoms with Crippen LogP contribution in [0.15, 0.2) is 35.0 Å². The highest BCUT2D eigenvalue weighted by Crippen LogP contribution is 2.26. The third-order valence-electron chi connectivity index (χ3n) is 3.20. The quantitative estimate of drug-likeness (QED) is 0.667. The van der Waals surface area contributed by atoms with Gasteiger partial charge in [0.1, 0.15) is 0 Å². The fourth-order valence-electron chi connectivity index (χ4n) is 2.08. The van der Waals surface area contributed by atoms with Crippen molar-refractivity contribution in [3.63, 3.8) is 0 Å². The summed E-state index contributed by atoms with van der Waals surface area (Å²) in [5.41, 5.74) is 3.13. The van der Waals surface area contributed by atoms with Crippen LogP contribution in [0.5, 0.6) is 0 Å². The Kier molecular flexibility index (Phi) is 4.29. The normalized spacial score (nSPS) is 12.3. The number of hydrogen-bond acceptors (Lipinski definition) is 4. The van der Waals surface area contributed by atoms with Crippen molar-refractivity contribution in [3.05, 3.63) is 61.8 Å². The van der Waals surface area contributed by atoms with E-state index in [0.717, 1.165) is 17.7 Å². The molecular formula is C14H16N2O2S. The maximum Gasteiger partial charge on any atom is 0.272 e. The average molecular weight is 276 g/mol. The first-order valence-corrected chi connectivity index (χ1v) is 7.02. The van der Waals surface area contributed by atoms with Gasteiger partial charge in [-0.05, 0) is 41.8 Å². The summed E-state index contributed by atoms with van der Waals surface area (Å²) < 4.78 is 0. The molecule has 0 radical (unpaired) electrons. The molecule has 100 valence electrons. The van der Waals surface area contributed by atoms with Crippen molar-refractivity contribution in [3.8, 4) is 0 Å². The monoisotopic (exact) mass is 276 g/mol. The Hall–Kier alpha value is -1.72. The molecule has 1 N–H and O–H groups in total. The SMILES string of the molecule is Cc1c(C(C)NCc2ccsc2)cccc1[N+](=O)[O-]. The molecule has 0 spiro atoms. The van der Waals surface area contributed by atoms with E-state index in [-0.39, 0.29) is 16.7 Å². The van der Waals surface area contributed by atoms with E-state index in [0.29, 0.717) is 0 Å². The minimum absolute atomic E-state index is 0.0831. The van der Waals surface area contributed by atoms with Crippen LogP contribution < -0.4 is 5.32 Å². The topological polar surface area (TPSA) is 55.2 Å². The molecule has 4 nitrogen and oxygen atoms in total. The predicted molar refractivity (Wildman–Crippen MR) is 77.4 cm³/mol. The lowest BCUT2D eigenvalue weighted by molar-refractivity contribution is -0.385. The molecular weight excluding hydrogens is 260 g/mol. The number of nitrogens with one attached hydrogen (secondary N) is 1. The number of hydrogen-bond donors (Lipinski definition) is 1. The first-order valence-electron chi connectivity index (χ1n) is 6.08. The van der Waals surface area contributed by atoms with E-state index in [1.165, 1.54) is 5.56 Å². The van der Waals surface area contributed by atoms with Crippen molar-refractivity contribution in [1.29, 1.82) is 0 Å². The molecule has 1 unspecified atom stereocenters. The van der Waals surface area contributed by atoms with E-state index < -0.39 is 0 Å². The largest absolute Gasteiger partial charge is 0.306 e. The molecule has 1 aromatic heterocycles. The molecule has 0 fully saturated rings. The number of benzene rings is 1. The predicted octanol–water partition coefficient (Wildman–Crippen LogP) is 3.82. The van der Waals surface area contributed by atoms with Gasteiger partial charge in [0.15, 0.2) is 0 Å². The Bertz CT molecular complexity index is 567. The van der Waals surface area contributed by atoms with Crippen LogP contribution in [-0.4, -0.2) is 4.92 Å². The van der Waals surface area contributed by atoms with E-state index in [9.17, 15) is 10.1 Å². The van der Waals surface area contributed by atoms with Gasteiger partial charge in [0.05, 0.1) is 4.92 Å². The van der Waals surface area contributed by atoms with Crippen LogP contribution >= 0.6 is 11.3 Å². The number of nitro benzene ring substituents is 1. The van der Waals surface area contributed by atoms with E-state index in [2.05, 4.69) is 16.8 Å². The average Bonchev–Trinajstić information content (AvgIpc) is 2.89. The highest BCUT2D eigenvalue weighted by atomic mass is 32.1. The van der Waals surface area contributed by atoms with Crippen LogP contribution in [0.1, 0.15) is 29.7 Å². The Balaban J connectivity index is 2.12. The molecule has 0 aliphatic carbocycles. The second-order valence-corrected chi connectivity index (χ2v) is 5.26. The Morgan fingerprint density at radius 2 is 2.21 bits per heavy atom. The van der Waals surface area contributed by atoms with Gasteiger partial charge in [-0.3, -0.25) is 10.1 Å². The van der Waals surface area contributed by atoms with E-state index in [1.54, 1.807) is 30.4 Å². The second-order valence-electron chi connectivity index (χ2n) is 4.48. The van der Waals surface area contributed by atoms with E-state index in [1.807, 2.05) is 18.4 Å². The molecule has 2 rings (SSSR count). The van der Waals surface area contributed by atoms with Crippen molar-refractivity contribution in [2.75, 3.05) is 0 Å². The summed E-state index contributed by atoms with van der Waals surface area (Å²) in [5.74, 6) is 0. The van der Waals surface area contributed by atoms with Crippen LogP contribution in [0.3, 0.4) is 0 Å². The molecule has 1 heterocycles. The number of rotatable bonds is 5. The molecule has 1 aromatic carbocycles. The van der Waals surface area contributed by atoms with Crippen molar-refractivity contribution < 1.29 is 4.92 Å². The Morgan fingerprint density at radius 1 is 1.42 bits per heavy atom. The van der Waals surface area contributed by atoms with Gasteiger partial charge in [-0.15, -0.1) is 0 Å². The van der Waals surface area contributed by atoms with Crippen LogP contribution in [-0.2, 0) is 6.54 Å². The van der Waals surface area contributed by atoms with Gasteiger partial charge in [-0.2, -0.15) is 11.3 Å². The van der Waals surface area contributed by atoms with Gasteiger partial charge in [0.25, 0.3) is 5.69 Å². The molecule has 0 bridgehead atoms. The third kappa shape index (κ3) is 3.19. The second kappa shape index (κ2) is 5.95. The molecule has 19 heavy (non-hydrogen) atoms. The fourth-order valence-corrected chi connectivity index (χ4v) is 2.75. The van der Waals surface area contributed by atoms with Crippen LogP contribution in [0.25, 0.3) is 0 Å². The highest BCUT2D eigenvalue weighted by Gasteiger charge is 2.16. The van der Waals surface area contributed by atoms with Gasteiger partial charge in [0.2, 0.25) is 0 Å². The van der Waals surface area contributed by atoms with Crippen LogP contribution in [0.4, 0.5) is 5.69 Å². The zero-order chi connectivity index (χ0) is 13.8. The van der Waals surface area contributed by atoms with Crippen LogP contribution in [0.2, 0.25) is 0 Å². The van der Waals surface area contributed by atoms with Crippen LogP contribution in [0, 0.1) is 17.0 Å². The van der Waals surface area contributed by atoms with Gasteiger partial charge in [-0.1, -0.05) is 12.1 Å². The molecule has 0 saturated heterocycles. The summed E-state index contributed by atoms with van der Waals surface area (Å²) in [4.78, 5) is 10.6. The zero-order valence-electron chi connectivity index (χ0n) is 10.9. The van der Waals surface area contributed by atoms with Crippen molar-refractivity contribution in [1.82, 2.24) is 5.32 Å². The summed E-state index contributed by atoms with van der Waals surface area (Å²) in [6.07, 6.45) is 0. The maximum absolute atomic E-state index is 10.9.